The van der Waals surface area contributed by atoms with Gasteiger partial charge in [-0.25, -0.2) is 0 Å². The zero-order valence-corrected chi connectivity index (χ0v) is 17.7. The number of hydrogen-bond donors (Lipinski definition) is 1. The summed E-state index contributed by atoms with van der Waals surface area (Å²) in [6.07, 6.45) is 0. The van der Waals surface area contributed by atoms with E-state index in [4.69, 9.17) is 21.7 Å². The molecule has 4 aromatic rings. The van der Waals surface area contributed by atoms with Crippen LogP contribution in [0.4, 0.5) is 5.69 Å². The topological polar surface area (TPSA) is 54.2 Å². The van der Waals surface area contributed by atoms with Gasteiger partial charge >= 0.3 is 0 Å². The molecule has 5 rings (SSSR count). The molecule has 1 unspecified atom stereocenters. The van der Waals surface area contributed by atoms with Gasteiger partial charge in [0.2, 0.25) is 5.82 Å². The molecule has 1 aliphatic heterocycles. The van der Waals surface area contributed by atoms with Gasteiger partial charge in [-0.2, -0.15) is 4.98 Å². The fourth-order valence-corrected chi connectivity index (χ4v) is 4.20. The van der Waals surface area contributed by atoms with Crippen LogP contribution in [0.15, 0.2) is 101 Å². The Hall–Kier alpha value is -3.77. The van der Waals surface area contributed by atoms with Gasteiger partial charge in [-0.15, -0.1) is 0 Å². The normalized spacial score (nSPS) is 16.4. The third-order valence-corrected chi connectivity index (χ3v) is 5.62. The maximum Gasteiger partial charge on any atom is 0.258 e. The average molecular weight is 425 g/mol. The maximum absolute atomic E-state index is 5.77. The molecule has 3 aromatic carbocycles. The molecule has 1 aromatic heterocycles. The molecule has 6 heteroatoms. The van der Waals surface area contributed by atoms with Crippen molar-refractivity contribution in [2.75, 3.05) is 4.90 Å². The standard InChI is InChI=1S/C25H20N4OS/c1-17-21(24-27-23(28-30-24)19-13-7-3-8-14-19)22(18-11-5-2-6-12-18)26-25(31)29(17)20-15-9-4-10-16-20/h2-16,22H,1H3,(H,26,31). The minimum atomic E-state index is -0.197. The van der Waals surface area contributed by atoms with E-state index in [1.165, 1.54) is 0 Å². The lowest BCUT2D eigenvalue weighted by molar-refractivity contribution is 0.404. The number of nitrogens with zero attached hydrogens (tertiary/aromatic N) is 3. The summed E-state index contributed by atoms with van der Waals surface area (Å²) in [6.45, 7) is 2.04. The van der Waals surface area contributed by atoms with E-state index in [0.29, 0.717) is 16.8 Å². The van der Waals surface area contributed by atoms with Crippen molar-refractivity contribution in [1.82, 2.24) is 15.5 Å². The molecule has 2 heterocycles. The first-order valence-electron chi connectivity index (χ1n) is 10.0. The summed E-state index contributed by atoms with van der Waals surface area (Å²) in [4.78, 5) is 6.75. The Kier molecular flexibility index (Phi) is 5.06. The minimum Gasteiger partial charge on any atom is -0.351 e. The number of hydrogen-bond acceptors (Lipinski definition) is 4. The van der Waals surface area contributed by atoms with E-state index in [9.17, 15) is 0 Å². The molecule has 0 saturated heterocycles. The number of anilines is 1. The number of para-hydroxylation sites is 1. The predicted molar refractivity (Wildman–Crippen MR) is 126 cm³/mol. The number of thiocarbonyl (C=S) groups is 1. The Morgan fingerprint density at radius 1 is 0.871 bits per heavy atom. The van der Waals surface area contributed by atoms with E-state index in [-0.39, 0.29) is 6.04 Å². The summed E-state index contributed by atoms with van der Waals surface area (Å²) in [5, 5.41) is 8.35. The molecule has 0 spiro atoms. The fourth-order valence-electron chi connectivity index (χ4n) is 3.84. The second kappa shape index (κ2) is 8.16. The van der Waals surface area contributed by atoms with Crippen molar-refractivity contribution in [3.8, 4) is 11.4 Å². The Morgan fingerprint density at radius 3 is 2.16 bits per heavy atom. The molecular formula is C25H20N4OS. The molecule has 0 aliphatic carbocycles. The Labute approximate surface area is 186 Å². The van der Waals surface area contributed by atoms with Crippen molar-refractivity contribution >= 4 is 28.6 Å². The zero-order valence-electron chi connectivity index (χ0n) is 16.9. The zero-order chi connectivity index (χ0) is 21.2. The van der Waals surface area contributed by atoms with E-state index in [1.807, 2.05) is 90.7 Å². The summed E-state index contributed by atoms with van der Waals surface area (Å²) in [5.74, 6) is 1.03. The Morgan fingerprint density at radius 2 is 1.48 bits per heavy atom. The van der Waals surface area contributed by atoms with Crippen LogP contribution >= 0.6 is 12.2 Å². The van der Waals surface area contributed by atoms with Crippen molar-refractivity contribution in [1.29, 1.82) is 0 Å². The van der Waals surface area contributed by atoms with E-state index in [2.05, 4.69) is 22.6 Å². The highest BCUT2D eigenvalue weighted by molar-refractivity contribution is 7.80. The third kappa shape index (κ3) is 3.62. The van der Waals surface area contributed by atoms with Crippen LogP contribution in [0.25, 0.3) is 17.0 Å². The van der Waals surface area contributed by atoms with Gasteiger partial charge in [0.25, 0.3) is 5.89 Å². The van der Waals surface area contributed by atoms with Gasteiger partial charge in [-0.05, 0) is 36.8 Å². The summed E-state index contributed by atoms with van der Waals surface area (Å²) < 4.78 is 5.77. The Bertz CT molecular complexity index is 1240. The summed E-state index contributed by atoms with van der Waals surface area (Å²) >= 11 is 5.76. The molecule has 0 fully saturated rings. The maximum atomic E-state index is 5.77. The van der Waals surface area contributed by atoms with E-state index < -0.39 is 0 Å². The smallest absolute Gasteiger partial charge is 0.258 e. The van der Waals surface area contributed by atoms with Gasteiger partial charge < -0.3 is 9.84 Å². The van der Waals surface area contributed by atoms with Crippen LogP contribution in [0.1, 0.15) is 24.4 Å². The second-order valence-corrected chi connectivity index (χ2v) is 7.64. The highest BCUT2D eigenvalue weighted by Gasteiger charge is 2.34. The number of nitrogens with one attached hydrogen (secondary N) is 1. The summed E-state index contributed by atoms with van der Waals surface area (Å²) in [7, 11) is 0. The van der Waals surface area contributed by atoms with Gasteiger partial charge in [0, 0.05) is 16.9 Å². The second-order valence-electron chi connectivity index (χ2n) is 7.25. The molecule has 1 aliphatic rings. The van der Waals surface area contributed by atoms with Crippen molar-refractivity contribution < 1.29 is 4.52 Å². The largest absolute Gasteiger partial charge is 0.351 e. The molecule has 31 heavy (non-hydrogen) atoms. The van der Waals surface area contributed by atoms with Crippen molar-refractivity contribution in [2.45, 2.75) is 13.0 Å². The first kappa shape index (κ1) is 19.2. The lowest BCUT2D eigenvalue weighted by Crippen LogP contribution is -2.46. The van der Waals surface area contributed by atoms with Gasteiger partial charge in [-0.3, -0.25) is 4.90 Å². The van der Waals surface area contributed by atoms with E-state index in [1.54, 1.807) is 0 Å². The highest BCUT2D eigenvalue weighted by atomic mass is 32.1. The van der Waals surface area contributed by atoms with Crippen LogP contribution in [0.5, 0.6) is 0 Å². The van der Waals surface area contributed by atoms with Crippen molar-refractivity contribution in [3.05, 3.63) is 108 Å². The number of benzene rings is 3. The molecule has 0 bridgehead atoms. The van der Waals surface area contributed by atoms with Gasteiger partial charge in [-0.1, -0.05) is 84.0 Å². The fraction of sp³-hybridized carbons (Fsp3) is 0.0800. The number of rotatable bonds is 4. The lowest BCUT2D eigenvalue weighted by atomic mass is 9.94. The first-order valence-corrected chi connectivity index (χ1v) is 10.4. The van der Waals surface area contributed by atoms with E-state index >= 15 is 0 Å². The van der Waals surface area contributed by atoms with Crippen molar-refractivity contribution in [3.63, 3.8) is 0 Å². The van der Waals surface area contributed by atoms with Crippen molar-refractivity contribution in [2.24, 2.45) is 0 Å². The first-order chi connectivity index (χ1) is 15.2. The van der Waals surface area contributed by atoms with Crippen LogP contribution in [-0.4, -0.2) is 15.3 Å². The van der Waals surface area contributed by atoms with Crippen LogP contribution in [0.2, 0.25) is 0 Å². The number of aromatic nitrogens is 2. The van der Waals surface area contributed by atoms with Crippen LogP contribution in [-0.2, 0) is 0 Å². The molecule has 0 saturated carbocycles. The quantitative estimate of drug-likeness (QED) is 0.430. The molecular weight excluding hydrogens is 404 g/mol. The van der Waals surface area contributed by atoms with Gasteiger partial charge in [0.05, 0.1) is 11.6 Å². The van der Waals surface area contributed by atoms with Gasteiger partial charge in [0.15, 0.2) is 5.11 Å². The SMILES string of the molecule is CC1=C(c2nc(-c3ccccc3)no2)C(c2ccccc2)NC(=S)N1c1ccccc1. The predicted octanol–water partition coefficient (Wildman–Crippen LogP) is 5.60. The molecule has 0 amide bonds. The lowest BCUT2D eigenvalue weighted by Gasteiger charge is -2.37. The summed E-state index contributed by atoms with van der Waals surface area (Å²) in [6, 6.07) is 29.8. The van der Waals surface area contributed by atoms with Crippen LogP contribution in [0, 0.1) is 0 Å². The number of allylic oxidation sites excluding steroid dienone is 1. The molecule has 5 nitrogen and oxygen atoms in total. The van der Waals surface area contributed by atoms with E-state index in [0.717, 1.165) is 28.1 Å². The van der Waals surface area contributed by atoms with Gasteiger partial charge in [0.1, 0.15) is 0 Å². The van der Waals surface area contributed by atoms with Crippen LogP contribution < -0.4 is 10.2 Å². The Balaban J connectivity index is 1.66. The van der Waals surface area contributed by atoms with Crippen LogP contribution in [0.3, 0.4) is 0 Å². The monoisotopic (exact) mass is 424 g/mol. The highest BCUT2D eigenvalue weighted by Crippen LogP contribution is 2.39. The third-order valence-electron chi connectivity index (χ3n) is 5.32. The average Bonchev–Trinajstić information content (AvgIpc) is 3.30. The minimum absolute atomic E-state index is 0.197. The summed E-state index contributed by atoms with van der Waals surface area (Å²) in [5.41, 5.74) is 4.81. The molecule has 1 N–H and O–H groups in total. The molecule has 152 valence electrons. The molecule has 0 radical (unpaired) electrons. The molecule has 1 atom stereocenters.